The third kappa shape index (κ3) is 13.0. The fourth-order valence-electron chi connectivity index (χ4n) is 4.91. The molecule has 0 saturated carbocycles. The van der Waals surface area contributed by atoms with Crippen molar-refractivity contribution in [3.05, 3.63) is 95.1 Å². The number of likely N-dealkylation sites (tertiary alicyclic amines) is 1. The van der Waals surface area contributed by atoms with Crippen molar-refractivity contribution in [2.75, 3.05) is 32.5 Å². The first-order valence-electron chi connectivity index (χ1n) is 16.9. The largest absolute Gasteiger partial charge is 0.388 e. The molecule has 5 aromatic rings. The summed E-state index contributed by atoms with van der Waals surface area (Å²) in [4.78, 5) is 55.7. The maximum atomic E-state index is 13.8. The number of amides is 2. The average Bonchev–Trinajstić information content (AvgIpc) is 3.86. The van der Waals surface area contributed by atoms with Crippen molar-refractivity contribution in [1.82, 2.24) is 19.8 Å². The molecule has 1 unspecified atom stereocenters. The highest BCUT2D eigenvalue weighted by atomic mass is 32.1. The highest BCUT2D eigenvalue weighted by Gasteiger charge is 2.33. The summed E-state index contributed by atoms with van der Waals surface area (Å²) in [7, 11) is 3.37. The molecule has 12 heteroatoms. The van der Waals surface area contributed by atoms with Gasteiger partial charge < -0.3 is 24.9 Å². The van der Waals surface area contributed by atoms with Crippen LogP contribution in [0.1, 0.15) is 68.3 Å². The molecule has 6 rings (SSSR count). The number of nitrogens with one attached hydrogen (secondary N) is 2. The molecule has 1 fully saturated rings. The molecule has 9 nitrogen and oxygen atoms in total. The van der Waals surface area contributed by atoms with Gasteiger partial charge in [-0.3, -0.25) is 14.4 Å². The number of carbonyl (C=O) groups excluding carboxylic acids is 4. The van der Waals surface area contributed by atoms with E-state index in [1.165, 1.54) is 29.4 Å². The SMILES string of the molecule is CC.CC(C)C.CNc1ccccc1.C[C@H]1CC(C=O)CN1C(=O)CN(C)C(=O)c1cc2c(F)cc(F)cc2[nH]1.O=Cc1nc2ccccc2s1. The number of likely N-dealkylation sites (N-methyl/N-ethyl adjacent to an activating group) is 1. The van der Waals surface area contributed by atoms with Gasteiger partial charge >= 0.3 is 0 Å². The van der Waals surface area contributed by atoms with Crippen molar-refractivity contribution in [1.29, 1.82) is 0 Å². The van der Waals surface area contributed by atoms with Gasteiger partial charge in [-0.25, -0.2) is 13.8 Å². The molecule has 2 N–H and O–H groups in total. The number of aromatic nitrogens is 2. The van der Waals surface area contributed by atoms with Gasteiger partial charge in [0.2, 0.25) is 5.91 Å². The first-order chi connectivity index (χ1) is 24.4. The Morgan fingerprint density at radius 2 is 1.67 bits per heavy atom. The van der Waals surface area contributed by atoms with Crippen molar-refractivity contribution in [2.45, 2.75) is 54.0 Å². The zero-order valence-corrected chi connectivity index (χ0v) is 31.4. The highest BCUT2D eigenvalue weighted by molar-refractivity contribution is 7.20. The predicted octanol–water partition coefficient (Wildman–Crippen LogP) is 8.48. The van der Waals surface area contributed by atoms with Crippen LogP contribution in [0.5, 0.6) is 0 Å². The average molecular weight is 722 g/mol. The molecular formula is C39H49F2N5O4S. The third-order valence-electron chi connectivity index (χ3n) is 7.20. The van der Waals surface area contributed by atoms with Gasteiger partial charge in [0.25, 0.3) is 5.91 Å². The van der Waals surface area contributed by atoms with E-state index in [4.69, 9.17) is 0 Å². The van der Waals surface area contributed by atoms with Crippen LogP contribution in [0.25, 0.3) is 21.1 Å². The second-order valence-electron chi connectivity index (χ2n) is 12.2. The maximum absolute atomic E-state index is 13.8. The van der Waals surface area contributed by atoms with E-state index in [2.05, 4.69) is 36.1 Å². The van der Waals surface area contributed by atoms with E-state index >= 15 is 0 Å². The first kappa shape index (κ1) is 42.2. The smallest absolute Gasteiger partial charge is 0.270 e. The van der Waals surface area contributed by atoms with Gasteiger partial charge in [-0.2, -0.15) is 0 Å². The van der Waals surface area contributed by atoms with E-state index in [-0.39, 0.29) is 41.0 Å². The highest BCUT2D eigenvalue weighted by Crippen LogP contribution is 2.23. The minimum atomic E-state index is -0.764. The van der Waals surface area contributed by atoms with Crippen molar-refractivity contribution < 1.29 is 28.0 Å². The number of thiazole rings is 1. The van der Waals surface area contributed by atoms with Crippen LogP contribution in [0.4, 0.5) is 14.5 Å². The van der Waals surface area contributed by atoms with Crippen LogP contribution in [-0.2, 0) is 9.59 Å². The third-order valence-corrected chi connectivity index (χ3v) is 8.16. The molecule has 0 radical (unpaired) electrons. The number of H-pyrrole nitrogens is 1. The fourth-order valence-corrected chi connectivity index (χ4v) is 5.69. The zero-order valence-electron chi connectivity index (χ0n) is 30.6. The van der Waals surface area contributed by atoms with Gasteiger partial charge in [-0.05, 0) is 55.7 Å². The van der Waals surface area contributed by atoms with E-state index in [1.807, 2.05) is 82.4 Å². The Kier molecular flexibility index (Phi) is 17.6. The molecule has 3 heterocycles. The molecule has 2 atom stereocenters. The topological polar surface area (TPSA) is 115 Å². The van der Waals surface area contributed by atoms with Crippen LogP contribution in [0.3, 0.4) is 0 Å². The monoisotopic (exact) mass is 721 g/mol. The van der Waals surface area contributed by atoms with E-state index in [1.54, 1.807) is 4.90 Å². The molecule has 0 spiro atoms. The fraction of sp³-hybridized carbons (Fsp3) is 0.359. The van der Waals surface area contributed by atoms with Gasteiger partial charge in [0.1, 0.15) is 23.6 Å². The Hall–Kier alpha value is -4.97. The number of para-hydroxylation sites is 2. The maximum Gasteiger partial charge on any atom is 0.270 e. The summed E-state index contributed by atoms with van der Waals surface area (Å²) in [5.74, 6) is -1.62. The normalized spacial score (nSPS) is 14.5. The van der Waals surface area contributed by atoms with Crippen molar-refractivity contribution >= 4 is 62.5 Å². The molecule has 51 heavy (non-hydrogen) atoms. The van der Waals surface area contributed by atoms with Gasteiger partial charge in [0, 0.05) is 49.7 Å². The lowest BCUT2D eigenvalue weighted by Gasteiger charge is -2.24. The predicted molar refractivity (Wildman–Crippen MR) is 203 cm³/mol. The second kappa shape index (κ2) is 21.3. The van der Waals surface area contributed by atoms with Gasteiger partial charge in [-0.15, -0.1) is 11.3 Å². The lowest BCUT2D eigenvalue weighted by atomic mass is 10.1. The van der Waals surface area contributed by atoms with Gasteiger partial charge in [0.15, 0.2) is 11.3 Å². The lowest BCUT2D eigenvalue weighted by Crippen LogP contribution is -2.42. The summed E-state index contributed by atoms with van der Waals surface area (Å²) >= 11 is 1.42. The minimum Gasteiger partial charge on any atom is -0.388 e. The first-order valence-corrected chi connectivity index (χ1v) is 17.7. The van der Waals surface area contributed by atoms with E-state index in [9.17, 15) is 28.0 Å². The number of hydrogen-bond acceptors (Lipinski definition) is 7. The molecule has 1 aliphatic heterocycles. The number of halogens is 2. The van der Waals surface area contributed by atoms with Crippen molar-refractivity contribution in [3.8, 4) is 0 Å². The van der Waals surface area contributed by atoms with Gasteiger partial charge in [0.05, 0.1) is 22.3 Å². The quantitative estimate of drug-likeness (QED) is 0.170. The Balaban J connectivity index is 0.000000293. The van der Waals surface area contributed by atoms with E-state index < -0.39 is 17.5 Å². The lowest BCUT2D eigenvalue weighted by molar-refractivity contribution is -0.132. The number of benzene rings is 3. The molecule has 3 aromatic carbocycles. The Morgan fingerprint density at radius 1 is 1.04 bits per heavy atom. The number of aromatic amines is 1. The summed E-state index contributed by atoms with van der Waals surface area (Å²) < 4.78 is 28.1. The molecular weight excluding hydrogens is 673 g/mol. The Bertz CT molecular complexity index is 1810. The summed E-state index contributed by atoms with van der Waals surface area (Å²) in [6.45, 7) is 12.5. The zero-order chi connectivity index (χ0) is 38.1. The molecule has 2 amide bonds. The van der Waals surface area contributed by atoms with E-state index in [0.717, 1.165) is 46.5 Å². The number of carbonyl (C=O) groups is 4. The number of rotatable bonds is 6. The van der Waals surface area contributed by atoms with Crippen LogP contribution in [0.2, 0.25) is 0 Å². The van der Waals surface area contributed by atoms with Crippen LogP contribution in [0.15, 0.2) is 72.8 Å². The van der Waals surface area contributed by atoms with Crippen LogP contribution < -0.4 is 5.32 Å². The summed E-state index contributed by atoms with van der Waals surface area (Å²) in [6, 6.07) is 20.9. The van der Waals surface area contributed by atoms with Crippen LogP contribution in [-0.4, -0.2) is 77.4 Å². The minimum absolute atomic E-state index is 0.0636. The Morgan fingerprint density at radius 3 is 2.22 bits per heavy atom. The van der Waals surface area contributed by atoms with E-state index in [0.29, 0.717) is 18.0 Å². The molecule has 1 saturated heterocycles. The van der Waals surface area contributed by atoms with Crippen molar-refractivity contribution in [2.24, 2.45) is 11.8 Å². The number of nitrogens with zero attached hydrogens (tertiary/aromatic N) is 3. The number of aldehydes is 2. The molecule has 1 aliphatic rings. The number of anilines is 1. The standard InChI is InChI=1S/C18H19F2N3O3.C8H5NOS.C7H9N.C4H10.C2H6/c1-10-3-11(9-24)7-23(10)17(25)8-22(2)18(26)16-6-13-14(20)4-12(19)5-15(13)21-16;10-5-8-9-6-3-1-2-4-7(6)11-8;1-8-7-5-3-2-4-6-7;1-4(2)3;1-2/h4-6,9-11,21H,3,7-8H2,1-2H3;1-5H;2-6,8H,1H3;4H,1-3H3;1-2H3/t10-,11?;;;;/m0..../s1. The summed E-state index contributed by atoms with van der Waals surface area (Å²) in [5, 5.41) is 3.68. The number of hydrogen-bond donors (Lipinski definition) is 2. The summed E-state index contributed by atoms with van der Waals surface area (Å²) in [5.41, 5.74) is 2.31. The van der Waals surface area contributed by atoms with Crippen molar-refractivity contribution in [3.63, 3.8) is 0 Å². The van der Waals surface area contributed by atoms with Crippen LogP contribution >= 0.6 is 11.3 Å². The number of fused-ring (bicyclic) bond motifs is 2. The van der Waals surface area contributed by atoms with Crippen LogP contribution in [0, 0.1) is 23.5 Å². The second-order valence-corrected chi connectivity index (χ2v) is 13.3. The molecule has 0 bridgehead atoms. The Labute approximate surface area is 303 Å². The molecule has 274 valence electrons. The molecule has 0 aliphatic carbocycles. The summed E-state index contributed by atoms with van der Waals surface area (Å²) in [6.07, 6.45) is 2.24. The molecule has 2 aromatic heterocycles. The van der Waals surface area contributed by atoms with Gasteiger partial charge in [-0.1, -0.05) is 65.0 Å².